The number of hydrogen-bond donors (Lipinski definition) is 0. The molecule has 0 aromatic carbocycles. The van der Waals surface area contributed by atoms with Gasteiger partial charge in [-0.3, -0.25) is 14.8 Å². The van der Waals surface area contributed by atoms with Gasteiger partial charge in [0.25, 0.3) is 0 Å². The predicted molar refractivity (Wildman–Crippen MR) is 68.7 cm³/mol. The summed E-state index contributed by atoms with van der Waals surface area (Å²) in [5, 5.41) is 2.10. The first kappa shape index (κ1) is 13.6. The van der Waals surface area contributed by atoms with Crippen molar-refractivity contribution in [3.63, 3.8) is 0 Å². The highest BCUT2D eigenvalue weighted by atomic mass is 16.7. The topological polar surface area (TPSA) is 90.7 Å². The number of carbonyl (C=O) groups is 1. The molecule has 0 fully saturated rings. The van der Waals surface area contributed by atoms with E-state index in [1.165, 1.54) is 18.5 Å². The van der Waals surface area contributed by atoms with Gasteiger partial charge in [0.1, 0.15) is 11.7 Å². The van der Waals surface area contributed by atoms with E-state index < -0.39 is 12.1 Å². The maximum Gasteiger partial charge on any atom is 0.373 e. The lowest BCUT2D eigenvalue weighted by Gasteiger charge is -2.15. The van der Waals surface area contributed by atoms with Gasteiger partial charge in [-0.05, 0) is 25.1 Å². The zero-order chi connectivity index (χ0) is 14.4. The maximum atomic E-state index is 11.5. The lowest BCUT2D eigenvalue weighted by atomic mass is 10.2. The highest BCUT2D eigenvalue weighted by Gasteiger charge is 2.18. The van der Waals surface area contributed by atoms with Crippen molar-refractivity contribution in [3.05, 3.63) is 59.0 Å². The Bertz CT molecular complexity index is 604. The largest absolute Gasteiger partial charge is 0.482 e. The van der Waals surface area contributed by atoms with Gasteiger partial charge in [-0.2, -0.15) is 0 Å². The minimum Gasteiger partial charge on any atom is -0.482 e. The van der Waals surface area contributed by atoms with Gasteiger partial charge in [0.05, 0.1) is 11.9 Å². The predicted octanol–water partition coefficient (Wildman–Crippen LogP) is 2.45. The zero-order valence-corrected chi connectivity index (χ0v) is 10.6. The summed E-state index contributed by atoms with van der Waals surface area (Å²) in [6.07, 6.45) is 4.00. The van der Waals surface area contributed by atoms with Crippen molar-refractivity contribution in [1.82, 2.24) is 9.97 Å². The summed E-state index contributed by atoms with van der Waals surface area (Å²) in [6.45, 7) is 1.78. The Morgan fingerprint density at radius 3 is 2.85 bits per heavy atom. The second-order valence-corrected chi connectivity index (χ2v) is 3.84. The highest BCUT2D eigenvalue weighted by molar-refractivity contribution is 5.92. The molecule has 0 aliphatic heterocycles. The molecule has 7 heteroatoms. The first-order valence-electron chi connectivity index (χ1n) is 5.78. The number of nitrogens with zero attached hydrogens (tertiary/aromatic N) is 3. The third-order valence-corrected chi connectivity index (χ3v) is 2.53. The maximum absolute atomic E-state index is 11.5. The van der Waals surface area contributed by atoms with Crippen LogP contribution in [-0.2, 0) is 4.84 Å². The summed E-state index contributed by atoms with van der Waals surface area (Å²) >= 11 is 0. The normalized spacial score (nSPS) is 11.4. The number of pyridine rings is 2. The van der Waals surface area contributed by atoms with Crippen molar-refractivity contribution in [2.75, 3.05) is 0 Å². The van der Waals surface area contributed by atoms with Crippen molar-refractivity contribution in [2.45, 2.75) is 13.0 Å². The molecule has 0 radical (unpaired) electrons. The first-order valence-corrected chi connectivity index (χ1v) is 5.78. The highest BCUT2D eigenvalue weighted by Crippen LogP contribution is 2.24. The van der Waals surface area contributed by atoms with Gasteiger partial charge in [-0.25, -0.2) is 4.79 Å². The van der Waals surface area contributed by atoms with Crippen LogP contribution in [-0.4, -0.2) is 15.9 Å². The standard InChI is InChI=1S/C13H11N3O4/c1-9(11-4-2-3-6-15-11)19-12-8-14-7-5-10(12)13(17)20-16-18/h2-9H,1H3/t9-/m1/s1. The Kier molecular flexibility index (Phi) is 4.33. The smallest absolute Gasteiger partial charge is 0.373 e. The summed E-state index contributed by atoms with van der Waals surface area (Å²) in [4.78, 5) is 33.6. The molecule has 0 unspecified atom stereocenters. The van der Waals surface area contributed by atoms with Gasteiger partial charge in [0.2, 0.25) is 0 Å². The molecule has 2 heterocycles. The number of aromatic nitrogens is 2. The van der Waals surface area contributed by atoms with Crippen LogP contribution >= 0.6 is 0 Å². The van der Waals surface area contributed by atoms with E-state index in [0.29, 0.717) is 5.69 Å². The Labute approximate surface area is 114 Å². The Hall–Kier alpha value is -2.83. The number of ether oxygens (including phenoxy) is 1. The van der Waals surface area contributed by atoms with Crippen LogP contribution in [0.4, 0.5) is 0 Å². The van der Waals surface area contributed by atoms with Crippen LogP contribution in [0.5, 0.6) is 5.75 Å². The van der Waals surface area contributed by atoms with Crippen LogP contribution in [0.25, 0.3) is 0 Å². The Morgan fingerprint density at radius 1 is 1.30 bits per heavy atom. The van der Waals surface area contributed by atoms with Crippen molar-refractivity contribution in [1.29, 1.82) is 0 Å². The molecule has 0 amide bonds. The van der Waals surface area contributed by atoms with Gasteiger partial charge < -0.3 is 4.74 Å². The third kappa shape index (κ3) is 3.14. The fourth-order valence-corrected chi connectivity index (χ4v) is 1.59. The molecule has 20 heavy (non-hydrogen) atoms. The fraction of sp³-hybridized carbons (Fsp3) is 0.154. The Balaban J connectivity index is 2.21. The second-order valence-electron chi connectivity index (χ2n) is 3.84. The van der Waals surface area contributed by atoms with Crippen LogP contribution in [0, 0.1) is 4.91 Å². The molecule has 2 rings (SSSR count). The third-order valence-electron chi connectivity index (χ3n) is 2.53. The van der Waals surface area contributed by atoms with Gasteiger partial charge in [0, 0.05) is 12.4 Å². The summed E-state index contributed by atoms with van der Waals surface area (Å²) in [5.41, 5.74) is 0.770. The lowest BCUT2D eigenvalue weighted by molar-refractivity contribution is 0.0501. The molecule has 0 saturated carbocycles. The van der Waals surface area contributed by atoms with E-state index in [0.717, 1.165) is 0 Å². The molecule has 1 atom stereocenters. The average Bonchev–Trinajstić information content (AvgIpc) is 2.49. The van der Waals surface area contributed by atoms with Crippen molar-refractivity contribution in [2.24, 2.45) is 5.34 Å². The monoisotopic (exact) mass is 273 g/mol. The molecule has 0 bridgehead atoms. The van der Waals surface area contributed by atoms with Crippen LogP contribution in [0.2, 0.25) is 0 Å². The van der Waals surface area contributed by atoms with E-state index in [-0.39, 0.29) is 11.3 Å². The molecule has 2 aromatic heterocycles. The lowest BCUT2D eigenvalue weighted by Crippen LogP contribution is -2.09. The fourth-order valence-electron chi connectivity index (χ4n) is 1.59. The van der Waals surface area contributed by atoms with Crippen LogP contribution in [0.3, 0.4) is 0 Å². The molecular weight excluding hydrogens is 262 g/mol. The molecule has 0 spiro atoms. The van der Waals surface area contributed by atoms with E-state index in [1.54, 1.807) is 25.3 Å². The summed E-state index contributed by atoms with van der Waals surface area (Å²) in [7, 11) is 0. The van der Waals surface area contributed by atoms with Crippen LogP contribution < -0.4 is 4.74 Å². The van der Waals surface area contributed by atoms with E-state index >= 15 is 0 Å². The molecule has 102 valence electrons. The summed E-state index contributed by atoms with van der Waals surface area (Å²) in [6, 6.07) is 6.80. The average molecular weight is 273 g/mol. The number of rotatable bonds is 5. The van der Waals surface area contributed by atoms with Crippen molar-refractivity contribution in [3.8, 4) is 5.75 Å². The SMILES string of the molecule is C[C@@H](Oc1cnccc1C(=O)ON=O)c1ccccn1. The molecule has 0 aliphatic carbocycles. The van der Waals surface area contributed by atoms with Gasteiger partial charge in [0.15, 0.2) is 11.1 Å². The van der Waals surface area contributed by atoms with Crippen molar-refractivity contribution < 1.29 is 14.4 Å². The van der Waals surface area contributed by atoms with Gasteiger partial charge in [-0.15, -0.1) is 4.91 Å². The minimum absolute atomic E-state index is 0.0716. The number of carbonyl (C=O) groups excluding carboxylic acids is 1. The van der Waals surface area contributed by atoms with Gasteiger partial charge >= 0.3 is 5.97 Å². The van der Waals surface area contributed by atoms with E-state index in [9.17, 15) is 9.70 Å². The van der Waals surface area contributed by atoms with Crippen LogP contribution in [0.15, 0.2) is 48.2 Å². The van der Waals surface area contributed by atoms with Crippen molar-refractivity contribution >= 4 is 5.97 Å². The zero-order valence-electron chi connectivity index (χ0n) is 10.6. The number of hydrogen-bond acceptors (Lipinski definition) is 7. The molecular formula is C13H11N3O4. The molecule has 7 nitrogen and oxygen atoms in total. The van der Waals surface area contributed by atoms with Crippen LogP contribution in [0.1, 0.15) is 29.1 Å². The quantitative estimate of drug-likeness (QED) is 0.613. The molecule has 0 N–H and O–H groups in total. The molecule has 0 saturated heterocycles. The van der Waals surface area contributed by atoms with Gasteiger partial charge in [-0.1, -0.05) is 6.07 Å². The molecule has 0 aliphatic rings. The summed E-state index contributed by atoms with van der Waals surface area (Å²) < 4.78 is 5.63. The summed E-state index contributed by atoms with van der Waals surface area (Å²) in [5.74, 6) is -0.704. The van der Waals surface area contributed by atoms with E-state index in [4.69, 9.17) is 4.74 Å². The first-order chi connectivity index (χ1) is 9.72. The van der Waals surface area contributed by atoms with E-state index in [1.807, 2.05) is 6.07 Å². The molecule has 2 aromatic rings. The second kappa shape index (κ2) is 6.37. The minimum atomic E-state index is -0.898. The van der Waals surface area contributed by atoms with E-state index in [2.05, 4.69) is 20.1 Å². The Morgan fingerprint density at radius 2 is 2.15 bits per heavy atom.